The minimum absolute atomic E-state index is 0. The summed E-state index contributed by atoms with van der Waals surface area (Å²) in [4.78, 5) is 16.5. The molecule has 0 aromatic heterocycles. The summed E-state index contributed by atoms with van der Waals surface area (Å²) in [5.41, 5.74) is 0. The van der Waals surface area contributed by atoms with Crippen LogP contribution in [-0.2, 0) is 37.4 Å². The van der Waals surface area contributed by atoms with Crippen molar-refractivity contribution in [1.29, 1.82) is 0 Å². The molecule has 0 atom stereocenters. The third kappa shape index (κ3) is 3.49. The van der Waals surface area contributed by atoms with E-state index in [0.717, 1.165) is 58.5 Å². The van der Waals surface area contributed by atoms with Crippen molar-refractivity contribution in [2.24, 2.45) is 0 Å². The topological polar surface area (TPSA) is 44.8 Å². The second kappa shape index (κ2) is 7.34. The molecule has 0 unspecified atom stereocenters. The Morgan fingerprint density at radius 2 is 1.79 bits per heavy atom. The number of nitrogens with one attached hydrogen (secondary N) is 1. The van der Waals surface area contributed by atoms with E-state index in [2.05, 4.69) is 11.9 Å². The summed E-state index contributed by atoms with van der Waals surface area (Å²) in [5, 5.41) is 3.35. The molecule has 0 aromatic carbocycles. The third-order valence-corrected chi connectivity index (χ3v) is 4.28. The van der Waals surface area contributed by atoms with E-state index in [1.165, 1.54) is 0 Å². The first-order valence-corrected chi connectivity index (χ1v) is 7.07. The van der Waals surface area contributed by atoms with Gasteiger partial charge < -0.3 is 19.9 Å². The van der Waals surface area contributed by atoms with Gasteiger partial charge in [0.25, 0.3) is 6.03 Å². The zero-order valence-electron chi connectivity index (χ0n) is 11.4. The van der Waals surface area contributed by atoms with Gasteiger partial charge in [0.15, 0.2) is 0 Å². The van der Waals surface area contributed by atoms with Crippen molar-refractivity contribution < 1.29 is 42.2 Å². The number of carbonyl (C=O) groups excluding carboxylic acids is 1. The van der Waals surface area contributed by atoms with Gasteiger partial charge in [0.2, 0.25) is 0 Å². The molecular formula is C13H22N3O2Y-. The van der Waals surface area contributed by atoms with Gasteiger partial charge in [0.05, 0.1) is 0 Å². The average molecular weight is 341 g/mol. The predicted molar refractivity (Wildman–Crippen MR) is 68.0 cm³/mol. The molecule has 3 rings (SSSR count). The maximum Gasteiger partial charge on any atom is 0.288 e. The molecule has 6 heteroatoms. The number of ether oxygens (including phenoxy) is 1. The molecule has 1 N–H and O–H groups in total. The Morgan fingerprint density at radius 3 is 2.47 bits per heavy atom. The van der Waals surface area contributed by atoms with Crippen LogP contribution in [0.4, 0.5) is 4.79 Å². The molecule has 3 fully saturated rings. The molecule has 3 aliphatic heterocycles. The number of hydrogen-bond acceptors (Lipinski definition) is 3. The van der Waals surface area contributed by atoms with E-state index in [0.29, 0.717) is 12.1 Å². The van der Waals surface area contributed by atoms with E-state index in [4.69, 9.17) is 4.74 Å². The molecule has 3 heterocycles. The van der Waals surface area contributed by atoms with E-state index >= 15 is 0 Å². The molecule has 0 bridgehead atoms. The van der Waals surface area contributed by atoms with E-state index < -0.39 is 0 Å². The van der Waals surface area contributed by atoms with Crippen molar-refractivity contribution in [3.8, 4) is 0 Å². The van der Waals surface area contributed by atoms with Crippen molar-refractivity contribution >= 4 is 6.03 Å². The molecule has 3 aliphatic rings. The number of amides is 2. The predicted octanol–water partition coefficient (Wildman–Crippen LogP) is 0.814. The first-order chi connectivity index (χ1) is 8.86. The molecule has 0 aromatic rings. The Labute approximate surface area is 140 Å². The van der Waals surface area contributed by atoms with Gasteiger partial charge in [0.1, 0.15) is 0 Å². The quantitative estimate of drug-likeness (QED) is 0.757. The van der Waals surface area contributed by atoms with Gasteiger partial charge in [-0.2, -0.15) is 0 Å². The van der Waals surface area contributed by atoms with Gasteiger partial charge in [-0.05, 0) is 38.8 Å². The second-order valence-corrected chi connectivity index (χ2v) is 5.35. The molecule has 1 radical (unpaired) electrons. The van der Waals surface area contributed by atoms with Crippen LogP contribution in [0.5, 0.6) is 0 Å². The monoisotopic (exact) mass is 341 g/mol. The summed E-state index contributed by atoms with van der Waals surface area (Å²) < 4.78 is 5.37. The number of hydrogen-bond donors (Lipinski definition) is 1. The van der Waals surface area contributed by atoms with Crippen LogP contribution in [-0.4, -0.2) is 60.8 Å². The van der Waals surface area contributed by atoms with Crippen LogP contribution in [0.3, 0.4) is 0 Å². The fourth-order valence-electron chi connectivity index (χ4n) is 3.17. The first kappa shape index (κ1) is 15.7. The minimum atomic E-state index is 0. The molecule has 0 aliphatic carbocycles. The Kier molecular flexibility index (Phi) is 6.06. The van der Waals surface area contributed by atoms with Gasteiger partial charge in [-0.25, -0.2) is 6.54 Å². The molecule has 0 saturated carbocycles. The molecule has 19 heavy (non-hydrogen) atoms. The van der Waals surface area contributed by atoms with E-state index in [1.807, 2.05) is 9.80 Å². The Balaban J connectivity index is 0.00000133. The zero-order valence-corrected chi connectivity index (χ0v) is 14.2. The van der Waals surface area contributed by atoms with Gasteiger partial charge in [-0.1, -0.05) is 6.54 Å². The SMILES string of the molecule is O=C1N(C2CCNCC2)[CH-]CN1C1CCOCC1.[Y]. The molecule has 105 valence electrons. The van der Waals surface area contributed by atoms with Crippen LogP contribution in [0.2, 0.25) is 0 Å². The third-order valence-electron chi connectivity index (χ3n) is 4.28. The van der Waals surface area contributed by atoms with Crippen LogP contribution in [0, 0.1) is 6.54 Å². The molecule has 0 spiro atoms. The van der Waals surface area contributed by atoms with Crippen LogP contribution in [0.1, 0.15) is 25.7 Å². The molecule has 3 saturated heterocycles. The van der Waals surface area contributed by atoms with Gasteiger partial charge in [-0.3, -0.25) is 4.79 Å². The summed E-state index contributed by atoms with van der Waals surface area (Å²) in [6, 6.07) is 1.01. The van der Waals surface area contributed by atoms with Crippen molar-refractivity contribution in [3.63, 3.8) is 0 Å². The smallest absolute Gasteiger partial charge is 0.288 e. The maximum absolute atomic E-state index is 12.5. The van der Waals surface area contributed by atoms with E-state index in [1.54, 1.807) is 0 Å². The van der Waals surface area contributed by atoms with Gasteiger partial charge in [0, 0.05) is 58.0 Å². The number of piperidine rings is 1. The molecular weight excluding hydrogens is 319 g/mol. The standard InChI is InChI=1S/C13H22N3O2.Y/c17-13-15(11-1-5-14-6-2-11)7-8-16(13)12-3-9-18-10-4-12;/h7,11-12,14H,1-6,8-10H2;/q-1;. The van der Waals surface area contributed by atoms with Crippen LogP contribution >= 0.6 is 0 Å². The van der Waals surface area contributed by atoms with Crippen molar-refractivity contribution in [2.75, 3.05) is 32.8 Å². The fourth-order valence-corrected chi connectivity index (χ4v) is 3.17. The normalized spacial score (nSPS) is 26.6. The number of carbonyl (C=O) groups is 1. The average Bonchev–Trinajstić information content (AvgIpc) is 2.83. The summed E-state index contributed by atoms with van der Waals surface area (Å²) in [6.07, 6.45) is 4.12. The minimum Gasteiger partial charge on any atom is -0.470 e. The van der Waals surface area contributed by atoms with Crippen molar-refractivity contribution in [1.82, 2.24) is 15.1 Å². The fraction of sp³-hybridized carbons (Fsp3) is 0.846. The Bertz CT molecular complexity index is 276. The summed E-state index contributed by atoms with van der Waals surface area (Å²) in [5.74, 6) is 0. The summed E-state index contributed by atoms with van der Waals surface area (Å²) in [6.45, 7) is 6.52. The van der Waals surface area contributed by atoms with E-state index in [9.17, 15) is 4.79 Å². The Hall–Kier alpha value is 0.294. The van der Waals surface area contributed by atoms with Gasteiger partial charge in [-0.15, -0.1) is 0 Å². The summed E-state index contributed by atoms with van der Waals surface area (Å²) >= 11 is 0. The number of nitrogens with zero attached hydrogens (tertiary/aromatic N) is 2. The molecule has 5 nitrogen and oxygen atoms in total. The largest absolute Gasteiger partial charge is 0.470 e. The maximum atomic E-state index is 12.5. The van der Waals surface area contributed by atoms with Crippen LogP contribution in [0.25, 0.3) is 0 Å². The van der Waals surface area contributed by atoms with Crippen LogP contribution in [0.15, 0.2) is 0 Å². The second-order valence-electron chi connectivity index (χ2n) is 5.35. The van der Waals surface area contributed by atoms with E-state index in [-0.39, 0.29) is 38.7 Å². The Morgan fingerprint density at radius 1 is 1.11 bits per heavy atom. The van der Waals surface area contributed by atoms with Crippen LogP contribution < -0.4 is 5.32 Å². The molecule has 2 amide bonds. The first-order valence-electron chi connectivity index (χ1n) is 7.07. The number of rotatable bonds is 2. The number of urea groups is 1. The van der Waals surface area contributed by atoms with Gasteiger partial charge >= 0.3 is 0 Å². The zero-order chi connectivity index (χ0) is 12.4. The van der Waals surface area contributed by atoms with Crippen molar-refractivity contribution in [3.05, 3.63) is 6.54 Å². The summed E-state index contributed by atoms with van der Waals surface area (Å²) in [7, 11) is 0. The van der Waals surface area contributed by atoms with Crippen molar-refractivity contribution in [2.45, 2.75) is 37.8 Å².